The summed E-state index contributed by atoms with van der Waals surface area (Å²) < 4.78 is 63.1. The first kappa shape index (κ1) is 16.6. The Morgan fingerprint density at radius 2 is 1.06 bits per heavy atom. The molecule has 0 aliphatic rings. The molecule has 1 rings (SSSR count). The molecule has 0 fully saturated rings. The van der Waals surface area contributed by atoms with E-state index >= 15 is 0 Å². The second kappa shape index (κ2) is 5.05. The van der Waals surface area contributed by atoms with Crippen LogP contribution in [0.15, 0.2) is 21.9 Å². The normalized spacial score (nSPS) is 11.9. The van der Waals surface area contributed by atoms with Gasteiger partial charge in [0.1, 0.15) is 31.7 Å². The van der Waals surface area contributed by atoms with Crippen LogP contribution in [0, 0.1) is 0 Å². The molecular formula is C6H4CdO8S2. The molecule has 0 spiro atoms. The molecule has 0 heterocycles. The van der Waals surface area contributed by atoms with E-state index in [4.69, 9.17) is 10.2 Å². The molecule has 0 unspecified atom stereocenters. The molecule has 0 amide bonds. The van der Waals surface area contributed by atoms with E-state index in [1.807, 2.05) is 0 Å². The Kier molecular flexibility index (Phi) is 4.92. The van der Waals surface area contributed by atoms with E-state index < -0.39 is 41.5 Å². The Labute approximate surface area is 117 Å². The maximum absolute atomic E-state index is 10.5. The fraction of sp³-hybridized carbons (Fsp3) is 0. The predicted octanol–water partition coefficient (Wildman–Crippen LogP) is -1.10. The Balaban J connectivity index is 0.00000256. The maximum atomic E-state index is 10.5. The minimum atomic E-state index is -5.08. The maximum Gasteiger partial charge on any atom is 2.00 e. The van der Waals surface area contributed by atoms with Crippen LogP contribution in [0.5, 0.6) is 11.5 Å². The van der Waals surface area contributed by atoms with Gasteiger partial charge in [-0.15, -0.1) is 0 Å². The van der Waals surface area contributed by atoms with Gasteiger partial charge in [0.2, 0.25) is 0 Å². The molecular weight excluding hydrogens is 377 g/mol. The van der Waals surface area contributed by atoms with Crippen molar-refractivity contribution in [2.45, 2.75) is 9.79 Å². The number of rotatable bonds is 2. The minimum absolute atomic E-state index is 0. The first-order valence-corrected chi connectivity index (χ1v) is 6.33. The fourth-order valence-electron chi connectivity index (χ4n) is 0.939. The van der Waals surface area contributed by atoms with Crippen molar-refractivity contribution in [3.63, 3.8) is 0 Å². The molecule has 0 radical (unpaired) electrons. The van der Waals surface area contributed by atoms with Crippen molar-refractivity contribution in [1.29, 1.82) is 0 Å². The summed E-state index contributed by atoms with van der Waals surface area (Å²) in [5, 5.41) is 18.0. The van der Waals surface area contributed by atoms with Crippen molar-refractivity contribution in [2.75, 3.05) is 0 Å². The van der Waals surface area contributed by atoms with Crippen LogP contribution in [0.2, 0.25) is 0 Å². The van der Waals surface area contributed by atoms with Gasteiger partial charge in [0.15, 0.2) is 0 Å². The minimum Gasteiger partial charge on any atom is -0.744 e. The van der Waals surface area contributed by atoms with Crippen LogP contribution >= 0.6 is 0 Å². The van der Waals surface area contributed by atoms with E-state index in [-0.39, 0.29) is 39.4 Å². The van der Waals surface area contributed by atoms with Crippen molar-refractivity contribution >= 4 is 20.2 Å². The summed E-state index contributed by atoms with van der Waals surface area (Å²) in [5.41, 5.74) is 0. The number of hydrogen-bond donors (Lipinski definition) is 2. The average molecular weight is 381 g/mol. The zero-order valence-corrected chi connectivity index (χ0v) is 13.7. The smallest absolute Gasteiger partial charge is 0.744 e. The van der Waals surface area contributed by atoms with Crippen LogP contribution in [0.1, 0.15) is 0 Å². The van der Waals surface area contributed by atoms with Gasteiger partial charge in [0.25, 0.3) is 0 Å². The summed E-state index contributed by atoms with van der Waals surface area (Å²) in [4.78, 5) is -2.42. The Morgan fingerprint density at radius 3 is 1.24 bits per heavy atom. The summed E-state index contributed by atoms with van der Waals surface area (Å²) >= 11 is 0. The first-order chi connectivity index (χ1) is 7.03. The number of benzene rings is 1. The molecule has 2 N–H and O–H groups in total. The molecule has 0 saturated heterocycles. The molecule has 0 aliphatic heterocycles. The number of phenols is 2. The van der Waals surface area contributed by atoms with Crippen LogP contribution in [0.3, 0.4) is 0 Å². The van der Waals surface area contributed by atoms with Gasteiger partial charge in [-0.2, -0.15) is 0 Å². The van der Waals surface area contributed by atoms with E-state index in [1.54, 1.807) is 0 Å². The molecule has 0 saturated carbocycles. The van der Waals surface area contributed by atoms with Crippen molar-refractivity contribution in [2.24, 2.45) is 0 Å². The summed E-state index contributed by atoms with van der Waals surface area (Å²) in [6, 6.07) is 0.394. The predicted molar refractivity (Wildman–Crippen MR) is 45.7 cm³/mol. The second-order valence-corrected chi connectivity index (χ2v) is 5.39. The molecule has 17 heavy (non-hydrogen) atoms. The van der Waals surface area contributed by atoms with E-state index in [2.05, 4.69) is 0 Å². The third-order valence-corrected chi connectivity index (χ3v) is 3.31. The van der Waals surface area contributed by atoms with Crippen molar-refractivity contribution in [3.05, 3.63) is 12.1 Å². The monoisotopic (exact) mass is 382 g/mol. The molecule has 0 atom stereocenters. The van der Waals surface area contributed by atoms with Crippen LogP contribution in [0.25, 0.3) is 0 Å². The van der Waals surface area contributed by atoms with Gasteiger partial charge < -0.3 is 19.3 Å². The number of aromatic hydroxyl groups is 2. The quantitative estimate of drug-likeness (QED) is 0.372. The number of phenolic OH excluding ortho intramolecular Hbond substituents is 2. The number of hydrogen-bond acceptors (Lipinski definition) is 8. The van der Waals surface area contributed by atoms with Gasteiger partial charge in [-0.25, -0.2) is 16.8 Å². The van der Waals surface area contributed by atoms with Crippen molar-refractivity contribution in [1.82, 2.24) is 0 Å². The summed E-state index contributed by atoms with van der Waals surface area (Å²) in [6.45, 7) is 0. The molecule has 8 nitrogen and oxygen atoms in total. The van der Waals surface area contributed by atoms with Crippen molar-refractivity contribution in [3.8, 4) is 11.5 Å². The molecule has 90 valence electrons. The standard InChI is InChI=1S/C6H6O8S2.Cd/c7-3-1-5(15(9,10)11)4(8)2-6(3)16(12,13)14;/h1-2,7-8H,(H,9,10,11)(H,12,13,14);/q;+2/p-2. The van der Waals surface area contributed by atoms with E-state index in [0.29, 0.717) is 0 Å². The summed E-state index contributed by atoms with van der Waals surface area (Å²) in [7, 11) is -10.2. The average Bonchev–Trinajstić information content (AvgIpc) is 2.04. The van der Waals surface area contributed by atoms with Crippen LogP contribution in [-0.2, 0) is 47.5 Å². The fourth-order valence-corrected chi connectivity index (χ4v) is 2.08. The third kappa shape index (κ3) is 3.77. The van der Waals surface area contributed by atoms with Gasteiger partial charge in [-0.1, -0.05) is 0 Å². The van der Waals surface area contributed by atoms with Gasteiger partial charge >= 0.3 is 27.3 Å². The molecule has 0 aliphatic carbocycles. The van der Waals surface area contributed by atoms with E-state index in [9.17, 15) is 25.9 Å². The topological polar surface area (TPSA) is 155 Å². The molecule has 0 bridgehead atoms. The largest absolute Gasteiger partial charge is 2.00 e. The second-order valence-electron chi connectivity index (χ2n) is 2.70. The SMILES string of the molecule is O=S(=O)([O-])c1cc(O)c(S(=O)(=O)[O-])cc1O.[Cd+2]. The van der Waals surface area contributed by atoms with Gasteiger partial charge in [-0.3, -0.25) is 0 Å². The molecule has 11 heteroatoms. The Morgan fingerprint density at radius 1 is 0.824 bits per heavy atom. The molecule has 1 aromatic rings. The van der Waals surface area contributed by atoms with Crippen LogP contribution in [-0.4, -0.2) is 36.2 Å². The molecule has 0 aromatic heterocycles. The third-order valence-electron chi connectivity index (χ3n) is 1.58. The first-order valence-electron chi connectivity index (χ1n) is 3.51. The van der Waals surface area contributed by atoms with Gasteiger partial charge in [0.05, 0.1) is 9.79 Å². The van der Waals surface area contributed by atoms with Crippen molar-refractivity contribution < 1.29 is 63.5 Å². The Bertz CT molecular complexity index is 574. The van der Waals surface area contributed by atoms with Gasteiger partial charge in [-0.05, 0) is 0 Å². The van der Waals surface area contributed by atoms with E-state index in [0.717, 1.165) is 0 Å². The van der Waals surface area contributed by atoms with E-state index in [1.165, 1.54) is 0 Å². The zero-order chi connectivity index (χ0) is 12.7. The van der Waals surface area contributed by atoms with Crippen LogP contribution in [0.4, 0.5) is 0 Å². The zero-order valence-electron chi connectivity index (χ0n) is 8.02. The van der Waals surface area contributed by atoms with Gasteiger partial charge in [0, 0.05) is 12.1 Å². The Hall–Kier alpha value is -0.438. The van der Waals surface area contributed by atoms with Crippen LogP contribution < -0.4 is 0 Å². The molecule has 1 aromatic carbocycles. The summed E-state index contributed by atoms with van der Waals surface area (Å²) in [5.74, 6) is -2.44. The summed E-state index contributed by atoms with van der Waals surface area (Å²) in [6.07, 6.45) is 0.